The van der Waals surface area contributed by atoms with E-state index in [1.807, 2.05) is 19.6 Å². The van der Waals surface area contributed by atoms with E-state index in [-0.39, 0.29) is 0 Å². The van der Waals surface area contributed by atoms with Gasteiger partial charge in [0.1, 0.15) is 0 Å². The van der Waals surface area contributed by atoms with Crippen LogP contribution in [0.3, 0.4) is 0 Å². The highest BCUT2D eigenvalue weighted by atomic mass is 15.2. The molecule has 1 fully saturated rings. The molecule has 1 heterocycles. The SMILES string of the molecule is CCCN(CC1CC1)C(CN)c1cncn1C. The molecule has 96 valence electrons. The zero-order valence-corrected chi connectivity index (χ0v) is 11.0. The number of aryl methyl sites for hydroxylation is 1. The van der Waals surface area contributed by atoms with Crippen molar-refractivity contribution < 1.29 is 0 Å². The lowest BCUT2D eigenvalue weighted by Crippen LogP contribution is -2.36. The highest BCUT2D eigenvalue weighted by molar-refractivity contribution is 5.06. The van der Waals surface area contributed by atoms with Crippen LogP contribution in [-0.2, 0) is 7.05 Å². The van der Waals surface area contributed by atoms with E-state index in [0.717, 1.165) is 12.5 Å². The third kappa shape index (κ3) is 3.07. The Morgan fingerprint density at radius 2 is 2.35 bits per heavy atom. The number of nitrogens with zero attached hydrogens (tertiary/aromatic N) is 3. The second kappa shape index (κ2) is 5.65. The maximum atomic E-state index is 5.98. The predicted molar refractivity (Wildman–Crippen MR) is 69.6 cm³/mol. The smallest absolute Gasteiger partial charge is 0.0946 e. The third-order valence-electron chi connectivity index (χ3n) is 3.56. The Morgan fingerprint density at radius 1 is 1.59 bits per heavy atom. The molecule has 1 unspecified atom stereocenters. The van der Waals surface area contributed by atoms with Gasteiger partial charge < -0.3 is 10.3 Å². The van der Waals surface area contributed by atoms with Crippen LogP contribution in [0, 0.1) is 5.92 Å². The Kier molecular flexibility index (Phi) is 4.18. The molecular formula is C13H24N4. The van der Waals surface area contributed by atoms with Gasteiger partial charge in [0.2, 0.25) is 0 Å². The van der Waals surface area contributed by atoms with Gasteiger partial charge in [-0.3, -0.25) is 4.90 Å². The molecule has 0 amide bonds. The van der Waals surface area contributed by atoms with Crippen LogP contribution in [0.4, 0.5) is 0 Å². The number of hydrogen-bond acceptors (Lipinski definition) is 3. The van der Waals surface area contributed by atoms with E-state index >= 15 is 0 Å². The van der Waals surface area contributed by atoms with Gasteiger partial charge in [0.15, 0.2) is 0 Å². The average molecular weight is 236 g/mol. The van der Waals surface area contributed by atoms with Crippen molar-refractivity contribution in [1.82, 2.24) is 14.5 Å². The Bertz CT molecular complexity index is 343. The third-order valence-corrected chi connectivity index (χ3v) is 3.56. The van der Waals surface area contributed by atoms with Crippen molar-refractivity contribution in [2.45, 2.75) is 32.2 Å². The first-order valence-corrected chi connectivity index (χ1v) is 6.66. The fourth-order valence-electron chi connectivity index (χ4n) is 2.44. The fourth-order valence-corrected chi connectivity index (χ4v) is 2.44. The summed E-state index contributed by atoms with van der Waals surface area (Å²) in [4.78, 5) is 6.74. The molecule has 4 heteroatoms. The summed E-state index contributed by atoms with van der Waals surface area (Å²) in [7, 11) is 2.05. The van der Waals surface area contributed by atoms with Crippen molar-refractivity contribution in [2.75, 3.05) is 19.6 Å². The molecule has 0 aromatic carbocycles. The normalized spacial score (nSPS) is 17.6. The first-order chi connectivity index (χ1) is 8.26. The molecule has 0 bridgehead atoms. The molecule has 0 spiro atoms. The van der Waals surface area contributed by atoms with E-state index in [9.17, 15) is 0 Å². The van der Waals surface area contributed by atoms with E-state index < -0.39 is 0 Å². The quantitative estimate of drug-likeness (QED) is 0.781. The fraction of sp³-hybridized carbons (Fsp3) is 0.769. The molecule has 1 aliphatic rings. The summed E-state index contributed by atoms with van der Waals surface area (Å²) in [5.41, 5.74) is 7.21. The van der Waals surface area contributed by atoms with Crippen molar-refractivity contribution in [1.29, 1.82) is 0 Å². The molecular weight excluding hydrogens is 212 g/mol. The van der Waals surface area contributed by atoms with E-state index in [0.29, 0.717) is 12.6 Å². The molecule has 0 aliphatic heterocycles. The van der Waals surface area contributed by atoms with Crippen molar-refractivity contribution in [3.8, 4) is 0 Å². The molecule has 1 aliphatic carbocycles. The maximum Gasteiger partial charge on any atom is 0.0946 e. The van der Waals surface area contributed by atoms with Gasteiger partial charge in [-0.2, -0.15) is 0 Å². The van der Waals surface area contributed by atoms with Crippen LogP contribution in [0.15, 0.2) is 12.5 Å². The highest BCUT2D eigenvalue weighted by Gasteiger charge is 2.28. The molecule has 2 N–H and O–H groups in total. The summed E-state index contributed by atoms with van der Waals surface area (Å²) in [6, 6.07) is 0.322. The summed E-state index contributed by atoms with van der Waals surface area (Å²) in [5, 5.41) is 0. The number of imidazole rings is 1. The van der Waals surface area contributed by atoms with E-state index in [1.54, 1.807) is 0 Å². The molecule has 1 atom stereocenters. The first-order valence-electron chi connectivity index (χ1n) is 6.66. The zero-order chi connectivity index (χ0) is 12.3. The van der Waals surface area contributed by atoms with Crippen LogP contribution in [0.1, 0.15) is 37.9 Å². The Morgan fingerprint density at radius 3 is 2.82 bits per heavy atom. The molecule has 1 aromatic rings. The number of nitrogens with two attached hydrogens (primary N) is 1. The molecule has 0 saturated heterocycles. The maximum absolute atomic E-state index is 5.98. The second-order valence-corrected chi connectivity index (χ2v) is 5.12. The van der Waals surface area contributed by atoms with E-state index in [1.165, 1.54) is 31.5 Å². The summed E-state index contributed by atoms with van der Waals surface area (Å²) >= 11 is 0. The van der Waals surface area contributed by atoms with Gasteiger partial charge in [-0.1, -0.05) is 6.92 Å². The van der Waals surface area contributed by atoms with Gasteiger partial charge in [-0.15, -0.1) is 0 Å². The molecule has 1 saturated carbocycles. The molecule has 2 rings (SSSR count). The van der Waals surface area contributed by atoms with Crippen LogP contribution >= 0.6 is 0 Å². The minimum Gasteiger partial charge on any atom is -0.336 e. The Labute approximate surface area is 104 Å². The van der Waals surface area contributed by atoms with Crippen LogP contribution in [0.25, 0.3) is 0 Å². The minimum atomic E-state index is 0.322. The van der Waals surface area contributed by atoms with Gasteiger partial charge in [-0.05, 0) is 31.7 Å². The summed E-state index contributed by atoms with van der Waals surface area (Å²) < 4.78 is 2.09. The van der Waals surface area contributed by atoms with E-state index in [4.69, 9.17) is 5.73 Å². The van der Waals surface area contributed by atoms with Gasteiger partial charge in [-0.25, -0.2) is 4.98 Å². The van der Waals surface area contributed by atoms with Crippen molar-refractivity contribution >= 4 is 0 Å². The van der Waals surface area contributed by atoms with Crippen LogP contribution in [-0.4, -0.2) is 34.1 Å². The highest BCUT2D eigenvalue weighted by Crippen LogP contribution is 2.32. The summed E-state index contributed by atoms with van der Waals surface area (Å²) in [6.45, 7) is 5.23. The zero-order valence-electron chi connectivity index (χ0n) is 11.0. The van der Waals surface area contributed by atoms with Crippen molar-refractivity contribution in [3.63, 3.8) is 0 Å². The van der Waals surface area contributed by atoms with Crippen molar-refractivity contribution in [2.24, 2.45) is 18.7 Å². The van der Waals surface area contributed by atoms with Gasteiger partial charge in [0.05, 0.1) is 18.1 Å². The number of hydrogen-bond donors (Lipinski definition) is 1. The van der Waals surface area contributed by atoms with Crippen LogP contribution in [0.2, 0.25) is 0 Å². The Hall–Kier alpha value is -0.870. The number of aromatic nitrogens is 2. The molecule has 17 heavy (non-hydrogen) atoms. The molecule has 1 aromatic heterocycles. The van der Waals surface area contributed by atoms with E-state index in [2.05, 4.69) is 21.4 Å². The lowest BCUT2D eigenvalue weighted by atomic mass is 10.1. The minimum absolute atomic E-state index is 0.322. The first kappa shape index (κ1) is 12.6. The average Bonchev–Trinajstić information content (AvgIpc) is 3.03. The summed E-state index contributed by atoms with van der Waals surface area (Å²) in [6.07, 6.45) is 7.78. The van der Waals surface area contributed by atoms with Gasteiger partial charge in [0, 0.05) is 26.3 Å². The lowest BCUT2D eigenvalue weighted by Gasteiger charge is -2.30. The van der Waals surface area contributed by atoms with Gasteiger partial charge >= 0.3 is 0 Å². The largest absolute Gasteiger partial charge is 0.336 e. The van der Waals surface area contributed by atoms with Crippen LogP contribution < -0.4 is 5.73 Å². The van der Waals surface area contributed by atoms with Gasteiger partial charge in [0.25, 0.3) is 0 Å². The monoisotopic (exact) mass is 236 g/mol. The topological polar surface area (TPSA) is 47.1 Å². The standard InChI is InChI=1S/C13H24N4/c1-3-6-17(9-11-4-5-11)12(7-14)13-8-15-10-16(13)2/h8,10-12H,3-7,9,14H2,1-2H3. The summed E-state index contributed by atoms with van der Waals surface area (Å²) in [5.74, 6) is 0.906. The van der Waals surface area contributed by atoms with Crippen LogP contribution in [0.5, 0.6) is 0 Å². The number of rotatable bonds is 7. The Balaban J connectivity index is 2.09. The molecule has 0 radical (unpaired) electrons. The lowest BCUT2D eigenvalue weighted by molar-refractivity contribution is 0.187. The predicted octanol–water partition coefficient (Wildman–Crippen LogP) is 1.54. The molecule has 4 nitrogen and oxygen atoms in total. The second-order valence-electron chi connectivity index (χ2n) is 5.12. The van der Waals surface area contributed by atoms with Crippen molar-refractivity contribution in [3.05, 3.63) is 18.2 Å².